The minimum Gasteiger partial charge on any atom is -0.452 e. The van der Waals surface area contributed by atoms with Crippen molar-refractivity contribution in [3.8, 4) is 0 Å². The number of hydrogen-bond acceptors (Lipinski definition) is 4. The Hall–Kier alpha value is -3.15. The van der Waals surface area contributed by atoms with E-state index in [1.165, 1.54) is 6.92 Å². The zero-order valence-electron chi connectivity index (χ0n) is 16.0. The third-order valence-electron chi connectivity index (χ3n) is 4.94. The fourth-order valence-corrected chi connectivity index (χ4v) is 3.26. The zero-order chi connectivity index (χ0) is 20.1. The standard InChI is InChI=1S/C22H24N2O4/c1-15(17-9-5-3-6-10-17)24-14-18(13-20(24)25)22(27)28-16(2)21(26)23-19-11-7-4-8-12-19/h3-12,15-16,18H,13-14H2,1-2H3,(H,23,26)/t15-,16-,18-/m0/s1. The van der Waals surface area contributed by atoms with E-state index in [1.807, 2.05) is 43.3 Å². The van der Waals surface area contributed by atoms with Crippen molar-refractivity contribution in [1.29, 1.82) is 0 Å². The highest BCUT2D eigenvalue weighted by Crippen LogP contribution is 2.29. The highest BCUT2D eigenvalue weighted by atomic mass is 16.5. The Bertz CT molecular complexity index is 838. The summed E-state index contributed by atoms with van der Waals surface area (Å²) in [6.07, 6.45) is -0.841. The third kappa shape index (κ3) is 4.57. The van der Waals surface area contributed by atoms with Crippen molar-refractivity contribution in [2.45, 2.75) is 32.4 Å². The van der Waals surface area contributed by atoms with E-state index in [9.17, 15) is 14.4 Å². The van der Waals surface area contributed by atoms with Crippen LogP contribution < -0.4 is 5.32 Å². The topological polar surface area (TPSA) is 75.7 Å². The molecule has 146 valence electrons. The number of esters is 1. The van der Waals surface area contributed by atoms with E-state index in [0.29, 0.717) is 12.2 Å². The second-order valence-electron chi connectivity index (χ2n) is 6.97. The molecule has 0 bridgehead atoms. The van der Waals surface area contributed by atoms with Gasteiger partial charge in [0, 0.05) is 18.7 Å². The molecular weight excluding hydrogens is 356 g/mol. The largest absolute Gasteiger partial charge is 0.452 e. The molecule has 2 aromatic carbocycles. The van der Waals surface area contributed by atoms with E-state index in [2.05, 4.69) is 5.32 Å². The molecule has 6 heteroatoms. The van der Waals surface area contributed by atoms with Crippen molar-refractivity contribution >= 4 is 23.5 Å². The maximum atomic E-state index is 12.5. The molecule has 0 radical (unpaired) electrons. The monoisotopic (exact) mass is 380 g/mol. The van der Waals surface area contributed by atoms with Crippen LogP contribution in [0.15, 0.2) is 60.7 Å². The van der Waals surface area contributed by atoms with Gasteiger partial charge in [0.15, 0.2) is 6.10 Å². The number of hydrogen-bond donors (Lipinski definition) is 1. The molecule has 3 rings (SSSR count). The fraction of sp³-hybridized carbons (Fsp3) is 0.318. The van der Waals surface area contributed by atoms with Gasteiger partial charge in [-0.25, -0.2) is 0 Å². The second-order valence-corrected chi connectivity index (χ2v) is 6.97. The molecule has 0 aromatic heterocycles. The number of ether oxygens (including phenoxy) is 1. The summed E-state index contributed by atoms with van der Waals surface area (Å²) in [6, 6.07) is 18.5. The molecule has 0 unspecified atom stereocenters. The Balaban J connectivity index is 1.56. The second kappa shape index (κ2) is 8.69. The predicted octanol–water partition coefficient (Wildman–Crippen LogP) is 3.17. The quantitative estimate of drug-likeness (QED) is 0.781. The highest BCUT2D eigenvalue weighted by molar-refractivity contribution is 5.95. The van der Waals surface area contributed by atoms with Gasteiger partial charge in [-0.05, 0) is 31.5 Å². The summed E-state index contributed by atoms with van der Waals surface area (Å²) < 4.78 is 5.32. The first kappa shape index (κ1) is 19.6. The molecular formula is C22H24N2O4. The summed E-state index contributed by atoms with van der Waals surface area (Å²) in [5.74, 6) is -1.57. The molecule has 1 saturated heterocycles. The first-order valence-electron chi connectivity index (χ1n) is 9.36. The molecule has 0 spiro atoms. The van der Waals surface area contributed by atoms with E-state index in [1.54, 1.807) is 29.2 Å². The van der Waals surface area contributed by atoms with E-state index >= 15 is 0 Å². The van der Waals surface area contributed by atoms with Crippen LogP contribution in [0.2, 0.25) is 0 Å². The van der Waals surface area contributed by atoms with Crippen LogP contribution in [0, 0.1) is 5.92 Å². The number of para-hydroxylation sites is 1. The Morgan fingerprint density at radius 2 is 1.64 bits per heavy atom. The van der Waals surface area contributed by atoms with Gasteiger partial charge in [0.1, 0.15) is 0 Å². The lowest BCUT2D eigenvalue weighted by Gasteiger charge is -2.25. The smallest absolute Gasteiger partial charge is 0.312 e. The van der Waals surface area contributed by atoms with Crippen molar-refractivity contribution in [1.82, 2.24) is 4.90 Å². The molecule has 1 N–H and O–H groups in total. The van der Waals surface area contributed by atoms with Crippen LogP contribution in [-0.2, 0) is 19.1 Å². The molecule has 6 nitrogen and oxygen atoms in total. The van der Waals surface area contributed by atoms with Crippen molar-refractivity contribution < 1.29 is 19.1 Å². The first-order valence-corrected chi connectivity index (χ1v) is 9.36. The highest BCUT2D eigenvalue weighted by Gasteiger charge is 2.38. The number of carbonyl (C=O) groups is 3. The summed E-state index contributed by atoms with van der Waals surface area (Å²) in [5, 5.41) is 2.70. The lowest BCUT2D eigenvalue weighted by molar-refractivity contribution is -0.157. The normalized spacial score (nSPS) is 18.4. The number of carbonyl (C=O) groups excluding carboxylic acids is 3. The van der Waals surface area contributed by atoms with Crippen LogP contribution >= 0.6 is 0 Å². The summed E-state index contributed by atoms with van der Waals surface area (Å²) in [6.45, 7) is 3.76. The number of nitrogens with zero attached hydrogens (tertiary/aromatic N) is 1. The van der Waals surface area contributed by atoms with Gasteiger partial charge in [-0.2, -0.15) is 0 Å². The molecule has 0 aliphatic carbocycles. The lowest BCUT2D eigenvalue weighted by Crippen LogP contribution is -2.33. The van der Waals surface area contributed by atoms with Crippen molar-refractivity contribution in [2.24, 2.45) is 5.92 Å². The van der Waals surface area contributed by atoms with Gasteiger partial charge in [0.05, 0.1) is 12.0 Å². The van der Waals surface area contributed by atoms with Gasteiger partial charge >= 0.3 is 5.97 Å². The Labute approximate surface area is 164 Å². The van der Waals surface area contributed by atoms with Gasteiger partial charge < -0.3 is 15.0 Å². The third-order valence-corrected chi connectivity index (χ3v) is 4.94. The predicted molar refractivity (Wildman–Crippen MR) is 105 cm³/mol. The van der Waals surface area contributed by atoms with Crippen LogP contribution in [0.5, 0.6) is 0 Å². The summed E-state index contributed by atoms with van der Waals surface area (Å²) in [4.78, 5) is 38.8. The van der Waals surface area contributed by atoms with Gasteiger partial charge in [-0.3, -0.25) is 14.4 Å². The van der Waals surface area contributed by atoms with E-state index in [0.717, 1.165) is 5.56 Å². The van der Waals surface area contributed by atoms with Gasteiger partial charge in [-0.15, -0.1) is 0 Å². The number of anilines is 1. The van der Waals surface area contributed by atoms with E-state index < -0.39 is 23.9 Å². The summed E-state index contributed by atoms with van der Waals surface area (Å²) >= 11 is 0. The van der Waals surface area contributed by atoms with Crippen LogP contribution in [0.4, 0.5) is 5.69 Å². The van der Waals surface area contributed by atoms with Crippen LogP contribution in [-0.4, -0.2) is 35.3 Å². The molecule has 3 atom stereocenters. The van der Waals surface area contributed by atoms with Crippen molar-refractivity contribution in [3.05, 3.63) is 66.2 Å². The number of nitrogens with one attached hydrogen (secondary N) is 1. The number of likely N-dealkylation sites (tertiary alicyclic amines) is 1. The Morgan fingerprint density at radius 1 is 1.04 bits per heavy atom. The molecule has 1 fully saturated rings. The Morgan fingerprint density at radius 3 is 2.29 bits per heavy atom. The molecule has 0 saturated carbocycles. The Kier molecular flexibility index (Phi) is 6.09. The molecule has 2 amide bonds. The summed E-state index contributed by atoms with van der Waals surface area (Å²) in [5.41, 5.74) is 1.65. The number of amides is 2. The van der Waals surface area contributed by atoms with Gasteiger partial charge in [0.25, 0.3) is 5.91 Å². The van der Waals surface area contributed by atoms with Crippen molar-refractivity contribution in [2.75, 3.05) is 11.9 Å². The van der Waals surface area contributed by atoms with Gasteiger partial charge in [0.2, 0.25) is 5.91 Å². The molecule has 1 aliphatic rings. The summed E-state index contributed by atoms with van der Waals surface area (Å²) in [7, 11) is 0. The molecule has 1 heterocycles. The van der Waals surface area contributed by atoms with Crippen LogP contribution in [0.1, 0.15) is 31.9 Å². The molecule has 28 heavy (non-hydrogen) atoms. The number of benzene rings is 2. The maximum absolute atomic E-state index is 12.5. The maximum Gasteiger partial charge on any atom is 0.312 e. The number of rotatable bonds is 6. The average molecular weight is 380 g/mol. The SMILES string of the molecule is C[C@H](OC(=O)[C@H]1CC(=O)N([C@@H](C)c2ccccc2)C1)C(=O)Nc1ccccc1. The minimum atomic E-state index is -0.941. The van der Waals surface area contributed by atoms with Gasteiger partial charge in [-0.1, -0.05) is 48.5 Å². The fourth-order valence-electron chi connectivity index (χ4n) is 3.26. The molecule has 2 aromatic rings. The minimum absolute atomic E-state index is 0.0836. The first-order chi connectivity index (χ1) is 13.5. The average Bonchev–Trinajstić information content (AvgIpc) is 3.10. The van der Waals surface area contributed by atoms with Crippen molar-refractivity contribution in [3.63, 3.8) is 0 Å². The van der Waals surface area contributed by atoms with E-state index in [-0.39, 0.29) is 18.4 Å². The van der Waals surface area contributed by atoms with E-state index in [4.69, 9.17) is 4.74 Å². The van der Waals surface area contributed by atoms with Crippen LogP contribution in [0.3, 0.4) is 0 Å². The van der Waals surface area contributed by atoms with Crippen LogP contribution in [0.25, 0.3) is 0 Å². The molecule has 1 aliphatic heterocycles. The lowest BCUT2D eigenvalue weighted by atomic mass is 10.1. The zero-order valence-corrected chi connectivity index (χ0v) is 16.0.